The summed E-state index contributed by atoms with van der Waals surface area (Å²) >= 11 is 0. The van der Waals surface area contributed by atoms with Crippen LogP contribution in [-0.4, -0.2) is 20.2 Å². The number of hydrogen-bond donors (Lipinski definition) is 1. The number of benzene rings is 1. The van der Waals surface area contributed by atoms with E-state index in [1.165, 1.54) is 44.3 Å². The van der Waals surface area contributed by atoms with Crippen LogP contribution in [-0.2, 0) is 6.42 Å². The molecule has 1 saturated carbocycles. The highest BCUT2D eigenvalue weighted by molar-refractivity contribution is 5.34. The SMILES string of the molecule is COc1ccccc1CC12CCC(CNC1)C2. The molecule has 1 aliphatic carbocycles. The van der Waals surface area contributed by atoms with E-state index in [-0.39, 0.29) is 0 Å². The molecule has 0 amide bonds. The molecule has 1 aromatic rings. The largest absolute Gasteiger partial charge is 0.496 e. The van der Waals surface area contributed by atoms with Crippen molar-refractivity contribution < 1.29 is 4.74 Å². The number of nitrogens with one attached hydrogen (secondary N) is 1. The molecule has 0 spiro atoms. The van der Waals surface area contributed by atoms with E-state index in [1.54, 1.807) is 7.11 Å². The maximum atomic E-state index is 5.47. The minimum absolute atomic E-state index is 0.498. The Bertz CT molecular complexity index is 400. The lowest BCUT2D eigenvalue weighted by molar-refractivity contribution is 0.227. The number of fused-ring (bicyclic) bond motifs is 2. The standard InChI is InChI=1S/C15H21NO/c1-17-14-5-3-2-4-13(14)9-15-7-6-12(8-15)10-16-11-15/h2-5,12,16H,6-11H2,1H3. The molecule has 2 atom stereocenters. The molecule has 0 radical (unpaired) electrons. The third kappa shape index (κ3) is 2.06. The first-order valence-electron chi connectivity index (χ1n) is 6.64. The number of ether oxygens (including phenoxy) is 1. The summed E-state index contributed by atoms with van der Waals surface area (Å²) in [6.45, 7) is 2.41. The molecular formula is C15H21NO. The van der Waals surface area contributed by atoms with Crippen molar-refractivity contribution in [1.82, 2.24) is 5.32 Å². The minimum atomic E-state index is 0.498. The lowest BCUT2D eigenvalue weighted by Gasteiger charge is -2.34. The van der Waals surface area contributed by atoms with E-state index in [0.717, 1.165) is 11.7 Å². The molecule has 1 aromatic carbocycles. The molecule has 2 heteroatoms. The smallest absolute Gasteiger partial charge is 0.122 e. The molecule has 1 aliphatic heterocycles. The van der Waals surface area contributed by atoms with Crippen LogP contribution < -0.4 is 10.1 Å². The Morgan fingerprint density at radius 1 is 1.41 bits per heavy atom. The van der Waals surface area contributed by atoms with Crippen molar-refractivity contribution in [3.05, 3.63) is 29.8 Å². The van der Waals surface area contributed by atoms with Gasteiger partial charge in [-0.3, -0.25) is 0 Å². The fourth-order valence-electron chi connectivity index (χ4n) is 3.68. The van der Waals surface area contributed by atoms with Gasteiger partial charge in [-0.05, 0) is 55.2 Å². The zero-order valence-corrected chi connectivity index (χ0v) is 10.5. The summed E-state index contributed by atoms with van der Waals surface area (Å²) in [6, 6.07) is 8.47. The predicted octanol–water partition coefficient (Wildman–Crippen LogP) is 2.63. The van der Waals surface area contributed by atoms with Crippen molar-refractivity contribution in [3.63, 3.8) is 0 Å². The van der Waals surface area contributed by atoms with Gasteiger partial charge in [0.1, 0.15) is 5.75 Å². The van der Waals surface area contributed by atoms with Crippen LogP contribution in [0.5, 0.6) is 5.75 Å². The van der Waals surface area contributed by atoms with Crippen LogP contribution in [0.1, 0.15) is 24.8 Å². The van der Waals surface area contributed by atoms with Gasteiger partial charge in [-0.15, -0.1) is 0 Å². The van der Waals surface area contributed by atoms with Gasteiger partial charge in [0.15, 0.2) is 0 Å². The topological polar surface area (TPSA) is 21.3 Å². The van der Waals surface area contributed by atoms with E-state index >= 15 is 0 Å². The molecule has 1 saturated heterocycles. The molecule has 2 aliphatic rings. The Morgan fingerprint density at radius 2 is 2.29 bits per heavy atom. The van der Waals surface area contributed by atoms with Crippen molar-refractivity contribution in [2.45, 2.75) is 25.7 Å². The maximum absolute atomic E-state index is 5.47. The Labute approximate surface area is 103 Å². The third-order valence-electron chi connectivity index (χ3n) is 4.50. The van der Waals surface area contributed by atoms with Crippen LogP contribution in [0, 0.1) is 11.3 Å². The van der Waals surface area contributed by atoms with E-state index in [4.69, 9.17) is 4.74 Å². The van der Waals surface area contributed by atoms with Gasteiger partial charge in [-0.25, -0.2) is 0 Å². The number of hydrogen-bond acceptors (Lipinski definition) is 2. The molecule has 1 heterocycles. The number of piperidine rings is 1. The Balaban J connectivity index is 1.82. The predicted molar refractivity (Wildman–Crippen MR) is 69.3 cm³/mol. The highest BCUT2D eigenvalue weighted by Crippen LogP contribution is 2.46. The molecule has 2 nitrogen and oxygen atoms in total. The van der Waals surface area contributed by atoms with Gasteiger partial charge in [0, 0.05) is 6.54 Å². The summed E-state index contributed by atoms with van der Waals surface area (Å²) in [5.41, 5.74) is 1.87. The molecule has 1 N–H and O–H groups in total. The Morgan fingerprint density at radius 3 is 3.18 bits per heavy atom. The minimum Gasteiger partial charge on any atom is -0.496 e. The second-order valence-corrected chi connectivity index (χ2v) is 5.73. The fourth-order valence-corrected chi connectivity index (χ4v) is 3.68. The molecule has 0 aromatic heterocycles. The Kier molecular flexibility index (Phi) is 2.83. The van der Waals surface area contributed by atoms with Gasteiger partial charge < -0.3 is 10.1 Å². The van der Waals surface area contributed by atoms with Crippen molar-refractivity contribution in [1.29, 1.82) is 0 Å². The average Bonchev–Trinajstić information content (AvgIpc) is 2.65. The molecule has 3 rings (SSSR count). The van der Waals surface area contributed by atoms with Crippen LogP contribution in [0.3, 0.4) is 0 Å². The van der Waals surface area contributed by atoms with Crippen LogP contribution in [0.4, 0.5) is 0 Å². The second kappa shape index (κ2) is 4.34. The van der Waals surface area contributed by atoms with E-state index in [0.29, 0.717) is 5.41 Å². The zero-order valence-electron chi connectivity index (χ0n) is 10.5. The van der Waals surface area contributed by atoms with E-state index in [9.17, 15) is 0 Å². The normalized spacial score (nSPS) is 31.5. The fraction of sp³-hybridized carbons (Fsp3) is 0.600. The molecule has 17 heavy (non-hydrogen) atoms. The summed E-state index contributed by atoms with van der Waals surface area (Å²) in [5, 5.41) is 3.60. The van der Waals surface area contributed by atoms with Gasteiger partial charge in [0.05, 0.1) is 7.11 Å². The van der Waals surface area contributed by atoms with Gasteiger partial charge in [-0.2, -0.15) is 0 Å². The van der Waals surface area contributed by atoms with Gasteiger partial charge in [-0.1, -0.05) is 18.2 Å². The summed E-state index contributed by atoms with van der Waals surface area (Å²) < 4.78 is 5.47. The molecule has 2 fully saturated rings. The first-order valence-corrected chi connectivity index (χ1v) is 6.64. The maximum Gasteiger partial charge on any atom is 0.122 e. The van der Waals surface area contributed by atoms with Crippen LogP contribution in [0.2, 0.25) is 0 Å². The second-order valence-electron chi connectivity index (χ2n) is 5.73. The number of para-hydroxylation sites is 1. The highest BCUT2D eigenvalue weighted by atomic mass is 16.5. The molecule has 92 valence electrons. The summed E-state index contributed by atoms with van der Waals surface area (Å²) in [6.07, 6.45) is 5.35. The van der Waals surface area contributed by atoms with Crippen molar-refractivity contribution in [3.8, 4) is 5.75 Å². The summed E-state index contributed by atoms with van der Waals surface area (Å²) in [4.78, 5) is 0. The first-order chi connectivity index (χ1) is 8.31. The van der Waals surface area contributed by atoms with Crippen molar-refractivity contribution in [2.75, 3.05) is 20.2 Å². The van der Waals surface area contributed by atoms with Crippen LogP contribution in [0.25, 0.3) is 0 Å². The Hall–Kier alpha value is -1.02. The highest BCUT2D eigenvalue weighted by Gasteiger charge is 2.42. The van der Waals surface area contributed by atoms with Gasteiger partial charge >= 0.3 is 0 Å². The van der Waals surface area contributed by atoms with E-state index in [1.807, 2.05) is 0 Å². The van der Waals surface area contributed by atoms with Crippen LogP contribution >= 0.6 is 0 Å². The lowest BCUT2D eigenvalue weighted by Crippen LogP contribution is -2.40. The lowest BCUT2D eigenvalue weighted by atomic mass is 9.77. The monoisotopic (exact) mass is 231 g/mol. The van der Waals surface area contributed by atoms with Crippen molar-refractivity contribution >= 4 is 0 Å². The van der Waals surface area contributed by atoms with E-state index in [2.05, 4.69) is 29.6 Å². The van der Waals surface area contributed by atoms with Crippen LogP contribution in [0.15, 0.2) is 24.3 Å². The quantitative estimate of drug-likeness (QED) is 0.863. The van der Waals surface area contributed by atoms with Gasteiger partial charge in [0.2, 0.25) is 0 Å². The number of methoxy groups -OCH3 is 1. The molecule has 2 unspecified atom stereocenters. The summed E-state index contributed by atoms with van der Waals surface area (Å²) in [7, 11) is 1.77. The number of rotatable bonds is 3. The average molecular weight is 231 g/mol. The van der Waals surface area contributed by atoms with Crippen molar-refractivity contribution in [2.24, 2.45) is 11.3 Å². The van der Waals surface area contributed by atoms with Gasteiger partial charge in [0.25, 0.3) is 0 Å². The molecular weight excluding hydrogens is 210 g/mol. The van der Waals surface area contributed by atoms with E-state index < -0.39 is 0 Å². The third-order valence-corrected chi connectivity index (χ3v) is 4.50. The zero-order chi connectivity index (χ0) is 11.7. The molecule has 2 bridgehead atoms. The first kappa shape index (κ1) is 11.1. The summed E-state index contributed by atoms with van der Waals surface area (Å²) in [5.74, 6) is 1.97.